The van der Waals surface area contributed by atoms with Gasteiger partial charge in [0.1, 0.15) is 5.82 Å². The first-order chi connectivity index (χ1) is 6.74. The minimum atomic E-state index is 0.354. The molecular formula is C10H17N3O. The van der Waals surface area contributed by atoms with Gasteiger partial charge in [0.15, 0.2) is 0 Å². The lowest BCUT2D eigenvalue weighted by atomic mass is 10.2. The van der Waals surface area contributed by atoms with Gasteiger partial charge in [0.05, 0.1) is 12.2 Å². The Hall–Kier alpha value is -1.03. The van der Waals surface area contributed by atoms with Crippen molar-refractivity contribution in [1.82, 2.24) is 9.78 Å². The van der Waals surface area contributed by atoms with E-state index < -0.39 is 0 Å². The molecule has 0 bridgehead atoms. The second kappa shape index (κ2) is 4.00. The van der Waals surface area contributed by atoms with Gasteiger partial charge < -0.3 is 10.1 Å². The monoisotopic (exact) mass is 195 g/mol. The van der Waals surface area contributed by atoms with E-state index >= 15 is 0 Å². The molecule has 14 heavy (non-hydrogen) atoms. The van der Waals surface area contributed by atoms with E-state index in [4.69, 9.17) is 4.74 Å². The first kappa shape index (κ1) is 9.52. The van der Waals surface area contributed by atoms with E-state index in [0.29, 0.717) is 12.2 Å². The van der Waals surface area contributed by atoms with Crippen molar-refractivity contribution in [3.8, 4) is 0 Å². The Morgan fingerprint density at radius 1 is 1.64 bits per heavy atom. The number of nitrogens with one attached hydrogen (secondary N) is 1. The first-order valence-corrected chi connectivity index (χ1v) is 5.13. The Kier molecular flexibility index (Phi) is 2.72. The lowest BCUT2D eigenvalue weighted by Crippen LogP contribution is -2.19. The summed E-state index contributed by atoms with van der Waals surface area (Å²) < 4.78 is 7.48. The van der Waals surface area contributed by atoms with Gasteiger partial charge in [-0.1, -0.05) is 0 Å². The van der Waals surface area contributed by atoms with Crippen molar-refractivity contribution in [2.24, 2.45) is 7.05 Å². The van der Waals surface area contributed by atoms with Gasteiger partial charge in [-0.25, -0.2) is 0 Å². The normalized spacial score (nSPS) is 26.7. The predicted octanol–water partition coefficient (Wildman–Crippen LogP) is 1.40. The molecule has 1 aromatic heterocycles. The van der Waals surface area contributed by atoms with E-state index in [1.807, 2.05) is 19.3 Å². The van der Waals surface area contributed by atoms with E-state index in [9.17, 15) is 0 Å². The molecule has 0 spiro atoms. The highest BCUT2D eigenvalue weighted by Crippen LogP contribution is 2.19. The highest BCUT2D eigenvalue weighted by molar-refractivity contribution is 5.32. The molecule has 1 N–H and O–H groups in total. The molecule has 0 aliphatic carbocycles. The molecule has 0 aromatic carbocycles. The second-order valence-corrected chi connectivity index (χ2v) is 3.90. The number of rotatable bonds is 3. The lowest BCUT2D eigenvalue weighted by Gasteiger charge is -2.11. The maximum Gasteiger partial charge on any atom is 0.148 e. The van der Waals surface area contributed by atoms with Crippen LogP contribution >= 0.6 is 0 Å². The fourth-order valence-corrected chi connectivity index (χ4v) is 1.76. The molecule has 2 unspecified atom stereocenters. The molecule has 1 aliphatic rings. The molecular weight excluding hydrogens is 178 g/mol. The van der Waals surface area contributed by atoms with Crippen molar-refractivity contribution >= 4 is 5.82 Å². The maximum absolute atomic E-state index is 5.69. The van der Waals surface area contributed by atoms with Crippen LogP contribution in [0.15, 0.2) is 12.3 Å². The lowest BCUT2D eigenvalue weighted by molar-refractivity contribution is 0.0636. The van der Waals surface area contributed by atoms with Crippen molar-refractivity contribution in [1.29, 1.82) is 0 Å². The largest absolute Gasteiger partial charge is 0.373 e. The van der Waals surface area contributed by atoms with Gasteiger partial charge in [-0.3, -0.25) is 4.68 Å². The van der Waals surface area contributed by atoms with Crippen LogP contribution in [0.5, 0.6) is 0 Å². The fourth-order valence-electron chi connectivity index (χ4n) is 1.76. The Labute approximate surface area is 84.3 Å². The molecule has 4 nitrogen and oxygen atoms in total. The summed E-state index contributed by atoms with van der Waals surface area (Å²) in [4.78, 5) is 0. The highest BCUT2D eigenvalue weighted by Gasteiger charge is 2.21. The molecule has 4 heteroatoms. The molecule has 1 aliphatic heterocycles. The topological polar surface area (TPSA) is 39.1 Å². The average Bonchev–Trinajstić information content (AvgIpc) is 2.72. The van der Waals surface area contributed by atoms with Crippen molar-refractivity contribution in [3.05, 3.63) is 12.3 Å². The van der Waals surface area contributed by atoms with Crippen LogP contribution in [0.2, 0.25) is 0 Å². The van der Waals surface area contributed by atoms with Crippen LogP contribution in [0.4, 0.5) is 5.82 Å². The molecule has 78 valence electrons. The van der Waals surface area contributed by atoms with Crippen LogP contribution in [0, 0.1) is 0 Å². The van der Waals surface area contributed by atoms with Crippen molar-refractivity contribution in [3.63, 3.8) is 0 Å². The SMILES string of the molecule is CC1CCC(CNc2ccn(C)n2)O1. The average molecular weight is 195 g/mol. The van der Waals surface area contributed by atoms with E-state index in [0.717, 1.165) is 18.8 Å². The van der Waals surface area contributed by atoms with Crippen LogP contribution in [0.1, 0.15) is 19.8 Å². The fraction of sp³-hybridized carbons (Fsp3) is 0.700. The number of hydrogen-bond acceptors (Lipinski definition) is 3. The molecule has 1 fully saturated rings. The van der Waals surface area contributed by atoms with Crippen LogP contribution < -0.4 is 5.32 Å². The Morgan fingerprint density at radius 3 is 3.07 bits per heavy atom. The molecule has 0 amide bonds. The summed E-state index contributed by atoms with van der Waals surface area (Å²) in [5, 5.41) is 7.51. The summed E-state index contributed by atoms with van der Waals surface area (Å²) in [6.07, 6.45) is 5.04. The van der Waals surface area contributed by atoms with Crippen LogP contribution in [-0.2, 0) is 11.8 Å². The van der Waals surface area contributed by atoms with E-state index in [2.05, 4.69) is 17.3 Å². The van der Waals surface area contributed by atoms with Gasteiger partial charge in [-0.15, -0.1) is 0 Å². The Morgan fingerprint density at radius 2 is 2.50 bits per heavy atom. The molecule has 0 radical (unpaired) electrons. The third kappa shape index (κ3) is 2.26. The quantitative estimate of drug-likeness (QED) is 0.792. The minimum Gasteiger partial charge on any atom is -0.373 e. The Bertz CT molecular complexity index is 297. The van der Waals surface area contributed by atoms with Gasteiger partial charge in [0, 0.05) is 25.9 Å². The third-order valence-electron chi connectivity index (χ3n) is 2.54. The molecule has 1 saturated heterocycles. The number of aromatic nitrogens is 2. The zero-order valence-electron chi connectivity index (χ0n) is 8.73. The summed E-state index contributed by atoms with van der Waals surface area (Å²) in [6.45, 7) is 2.99. The molecule has 0 saturated carbocycles. The van der Waals surface area contributed by atoms with Gasteiger partial charge in [0.25, 0.3) is 0 Å². The zero-order chi connectivity index (χ0) is 9.97. The Balaban J connectivity index is 1.77. The van der Waals surface area contributed by atoms with E-state index in [1.165, 1.54) is 6.42 Å². The number of ether oxygens (including phenoxy) is 1. The van der Waals surface area contributed by atoms with E-state index in [1.54, 1.807) is 4.68 Å². The minimum absolute atomic E-state index is 0.354. The molecule has 2 atom stereocenters. The highest BCUT2D eigenvalue weighted by atomic mass is 16.5. The number of hydrogen-bond donors (Lipinski definition) is 1. The summed E-state index contributed by atoms with van der Waals surface area (Å²) >= 11 is 0. The van der Waals surface area contributed by atoms with Crippen LogP contribution in [0.3, 0.4) is 0 Å². The smallest absolute Gasteiger partial charge is 0.148 e. The first-order valence-electron chi connectivity index (χ1n) is 5.13. The maximum atomic E-state index is 5.69. The predicted molar refractivity (Wildman–Crippen MR) is 55.3 cm³/mol. The van der Waals surface area contributed by atoms with Gasteiger partial charge in [-0.05, 0) is 19.8 Å². The number of aryl methyl sites for hydroxylation is 1. The van der Waals surface area contributed by atoms with Gasteiger partial charge in [0.2, 0.25) is 0 Å². The summed E-state index contributed by atoms with van der Waals surface area (Å²) in [5.74, 6) is 0.927. The summed E-state index contributed by atoms with van der Waals surface area (Å²) in [7, 11) is 1.92. The summed E-state index contributed by atoms with van der Waals surface area (Å²) in [5.41, 5.74) is 0. The number of nitrogens with zero attached hydrogens (tertiary/aromatic N) is 2. The zero-order valence-corrected chi connectivity index (χ0v) is 8.73. The van der Waals surface area contributed by atoms with Crippen molar-refractivity contribution in [2.45, 2.75) is 32.0 Å². The molecule has 1 aromatic rings. The van der Waals surface area contributed by atoms with Gasteiger partial charge >= 0.3 is 0 Å². The van der Waals surface area contributed by atoms with Crippen molar-refractivity contribution in [2.75, 3.05) is 11.9 Å². The summed E-state index contributed by atoms with van der Waals surface area (Å²) in [6, 6.07) is 1.97. The van der Waals surface area contributed by atoms with Gasteiger partial charge in [-0.2, -0.15) is 5.10 Å². The van der Waals surface area contributed by atoms with Crippen molar-refractivity contribution < 1.29 is 4.74 Å². The molecule has 2 heterocycles. The third-order valence-corrected chi connectivity index (χ3v) is 2.54. The number of anilines is 1. The van der Waals surface area contributed by atoms with Crippen LogP contribution in [0.25, 0.3) is 0 Å². The second-order valence-electron chi connectivity index (χ2n) is 3.90. The van der Waals surface area contributed by atoms with E-state index in [-0.39, 0.29) is 0 Å². The van der Waals surface area contributed by atoms with Crippen LogP contribution in [-0.4, -0.2) is 28.5 Å². The molecule has 2 rings (SSSR count). The standard InChI is InChI=1S/C10H17N3O/c1-8-3-4-9(14-8)7-11-10-5-6-13(2)12-10/h5-6,8-9H,3-4,7H2,1-2H3,(H,11,12).